The van der Waals surface area contributed by atoms with Gasteiger partial charge >= 0.3 is 29.3 Å². The van der Waals surface area contributed by atoms with Gasteiger partial charge in [0.15, 0.2) is 11.5 Å². The molecule has 0 bridgehead atoms. The van der Waals surface area contributed by atoms with Gasteiger partial charge in [0.05, 0.1) is 73.1 Å². The van der Waals surface area contributed by atoms with Gasteiger partial charge in [-0.2, -0.15) is 0 Å². The molecule has 0 saturated heterocycles. The van der Waals surface area contributed by atoms with Gasteiger partial charge in [-0.15, -0.1) is 0 Å². The molecule has 18 heteroatoms. The molecule has 4 aromatic rings. The van der Waals surface area contributed by atoms with E-state index in [4.69, 9.17) is 24.4 Å². The van der Waals surface area contributed by atoms with Gasteiger partial charge in [-0.05, 0) is 54.8 Å². The Morgan fingerprint density at radius 2 is 1.37 bits per heavy atom. The number of aliphatic carboxylic acids is 1. The number of nitro benzene ring substituents is 2. The predicted octanol–water partition coefficient (Wildman–Crippen LogP) is 4.25. The summed E-state index contributed by atoms with van der Waals surface area (Å²) < 4.78 is 15.4. The number of carbonyl (C=O) groups is 3. The maximum absolute atomic E-state index is 11.6. The SMILES string of the molecule is CCOC(=O)Cc1ccc(O)c([N+](=O)[O-])c1.CCOC(=O)Cc1ccc2c(c1)N(Cc1cnc[nH]1)CCO2.O=C(O)Cc1ccc(O)c([N+](=O)[O-])c1. The van der Waals surface area contributed by atoms with Crippen molar-refractivity contribution in [2.24, 2.45) is 0 Å². The number of phenolic OH excluding ortho intramolecular Hbond substituents is 2. The van der Waals surface area contributed by atoms with Crippen LogP contribution < -0.4 is 9.64 Å². The Hall–Kier alpha value is -6.72. The number of ether oxygens (including phenoxy) is 3. The minimum atomic E-state index is -1.08. The Morgan fingerprint density at radius 1 is 0.846 bits per heavy atom. The fraction of sp³-hybridized carbons (Fsp3) is 0.294. The lowest BCUT2D eigenvalue weighted by Gasteiger charge is -2.31. The van der Waals surface area contributed by atoms with Crippen molar-refractivity contribution >= 4 is 35.0 Å². The zero-order chi connectivity index (χ0) is 38.2. The van der Waals surface area contributed by atoms with Crippen molar-refractivity contribution in [2.45, 2.75) is 39.7 Å². The summed E-state index contributed by atoms with van der Waals surface area (Å²) in [6.45, 7) is 6.34. The number of aromatic hydroxyl groups is 2. The van der Waals surface area contributed by atoms with Crippen LogP contribution in [0.15, 0.2) is 67.1 Å². The van der Waals surface area contributed by atoms with Gasteiger partial charge in [-0.25, -0.2) is 4.98 Å². The van der Waals surface area contributed by atoms with E-state index in [1.165, 1.54) is 18.2 Å². The second-order valence-electron chi connectivity index (χ2n) is 10.8. The maximum Gasteiger partial charge on any atom is 0.310 e. The van der Waals surface area contributed by atoms with Crippen molar-refractivity contribution in [1.29, 1.82) is 0 Å². The van der Waals surface area contributed by atoms with Gasteiger partial charge in [0.1, 0.15) is 12.4 Å². The number of imidazole rings is 1. The number of nitrogens with zero attached hydrogens (tertiary/aromatic N) is 4. The number of hydrogen-bond donors (Lipinski definition) is 4. The minimum Gasteiger partial charge on any atom is -0.502 e. The van der Waals surface area contributed by atoms with E-state index in [-0.39, 0.29) is 37.4 Å². The highest BCUT2D eigenvalue weighted by molar-refractivity contribution is 5.74. The van der Waals surface area contributed by atoms with Gasteiger partial charge in [0, 0.05) is 18.3 Å². The van der Waals surface area contributed by atoms with Crippen molar-refractivity contribution in [3.63, 3.8) is 0 Å². The van der Waals surface area contributed by atoms with Crippen LogP contribution in [0, 0.1) is 20.2 Å². The minimum absolute atomic E-state index is 0.0467. The molecule has 1 aliphatic heterocycles. The molecule has 1 aromatic heterocycles. The Bertz CT molecular complexity index is 1860. The highest BCUT2D eigenvalue weighted by Crippen LogP contribution is 2.33. The Labute approximate surface area is 296 Å². The number of anilines is 1. The van der Waals surface area contributed by atoms with E-state index in [0.717, 1.165) is 54.0 Å². The van der Waals surface area contributed by atoms with Crippen LogP contribution in [0.2, 0.25) is 0 Å². The Morgan fingerprint density at radius 3 is 1.85 bits per heavy atom. The number of phenols is 2. The average molecular weight is 724 g/mol. The molecule has 0 fully saturated rings. The van der Waals surface area contributed by atoms with Crippen molar-refractivity contribution in [2.75, 3.05) is 31.3 Å². The fourth-order valence-electron chi connectivity index (χ4n) is 4.75. The number of esters is 2. The van der Waals surface area contributed by atoms with Crippen molar-refractivity contribution in [1.82, 2.24) is 9.97 Å². The van der Waals surface area contributed by atoms with E-state index < -0.39 is 44.7 Å². The van der Waals surface area contributed by atoms with Gasteiger partial charge in [-0.3, -0.25) is 34.6 Å². The highest BCUT2D eigenvalue weighted by atomic mass is 16.6. The van der Waals surface area contributed by atoms with Gasteiger partial charge < -0.3 is 39.4 Å². The van der Waals surface area contributed by atoms with Crippen LogP contribution in [0.1, 0.15) is 36.2 Å². The second-order valence-corrected chi connectivity index (χ2v) is 10.8. The molecule has 4 N–H and O–H groups in total. The summed E-state index contributed by atoms with van der Waals surface area (Å²) in [7, 11) is 0. The van der Waals surface area contributed by atoms with E-state index >= 15 is 0 Å². The van der Waals surface area contributed by atoms with E-state index in [9.17, 15) is 39.7 Å². The molecular formula is C34H37N5O13. The van der Waals surface area contributed by atoms with Crippen LogP contribution in [0.3, 0.4) is 0 Å². The summed E-state index contributed by atoms with van der Waals surface area (Å²) in [5.74, 6) is -1.79. The number of benzene rings is 3. The molecule has 0 unspecified atom stereocenters. The number of rotatable bonds is 12. The quantitative estimate of drug-likeness (QED) is 0.0905. The number of H-pyrrole nitrogens is 1. The number of hydrogen-bond acceptors (Lipinski definition) is 14. The maximum atomic E-state index is 11.6. The lowest BCUT2D eigenvalue weighted by molar-refractivity contribution is -0.386. The first-order chi connectivity index (χ1) is 24.8. The first-order valence-corrected chi connectivity index (χ1v) is 15.7. The normalized spacial score (nSPS) is 11.3. The number of nitro groups is 2. The molecule has 0 radical (unpaired) electrons. The molecule has 5 rings (SSSR count). The molecule has 0 amide bonds. The van der Waals surface area contributed by atoms with Crippen molar-refractivity contribution in [3.8, 4) is 17.2 Å². The topological polar surface area (TPSA) is 258 Å². The van der Waals surface area contributed by atoms with Gasteiger partial charge in [-0.1, -0.05) is 18.2 Å². The van der Waals surface area contributed by atoms with Gasteiger partial charge in [0.25, 0.3) is 0 Å². The molecule has 3 aromatic carbocycles. The Kier molecular flexibility index (Phi) is 14.9. The summed E-state index contributed by atoms with van der Waals surface area (Å²) in [6, 6.07) is 13.1. The van der Waals surface area contributed by atoms with Crippen LogP contribution in [0.4, 0.5) is 17.1 Å². The van der Waals surface area contributed by atoms with Crippen molar-refractivity contribution in [3.05, 3.63) is 110 Å². The lowest BCUT2D eigenvalue weighted by Crippen LogP contribution is -2.32. The zero-order valence-corrected chi connectivity index (χ0v) is 28.2. The van der Waals surface area contributed by atoms with Crippen LogP contribution in [0.5, 0.6) is 17.2 Å². The second kappa shape index (κ2) is 19.5. The summed E-state index contributed by atoms with van der Waals surface area (Å²) in [6.07, 6.45) is 3.42. The Balaban J connectivity index is 0.000000218. The van der Waals surface area contributed by atoms with E-state index in [1.54, 1.807) is 13.3 Å². The molecule has 0 atom stereocenters. The number of nitrogens with one attached hydrogen (secondary N) is 1. The molecule has 18 nitrogen and oxygen atoms in total. The number of aromatic amines is 1. The third kappa shape index (κ3) is 12.3. The number of fused-ring (bicyclic) bond motifs is 1. The summed E-state index contributed by atoms with van der Waals surface area (Å²) >= 11 is 0. The molecule has 0 spiro atoms. The smallest absolute Gasteiger partial charge is 0.310 e. The third-order valence-electron chi connectivity index (χ3n) is 7.03. The van der Waals surface area contributed by atoms with Crippen LogP contribution >= 0.6 is 0 Å². The van der Waals surface area contributed by atoms with E-state index in [2.05, 4.69) is 14.9 Å². The van der Waals surface area contributed by atoms with Crippen LogP contribution in [-0.4, -0.2) is 79.4 Å². The first-order valence-electron chi connectivity index (χ1n) is 15.7. The number of carbonyl (C=O) groups excluding carboxylic acids is 2. The molecule has 276 valence electrons. The van der Waals surface area contributed by atoms with Crippen LogP contribution in [0.25, 0.3) is 0 Å². The molecule has 52 heavy (non-hydrogen) atoms. The molecule has 2 heterocycles. The third-order valence-corrected chi connectivity index (χ3v) is 7.03. The molecule has 0 aliphatic carbocycles. The fourth-order valence-corrected chi connectivity index (χ4v) is 4.75. The number of carboxylic acids is 1. The summed E-state index contributed by atoms with van der Waals surface area (Å²) in [5, 5.41) is 47.5. The van der Waals surface area contributed by atoms with Gasteiger partial charge in [0.2, 0.25) is 0 Å². The highest BCUT2D eigenvalue weighted by Gasteiger charge is 2.20. The number of carboxylic acid groups (broad SMARTS) is 1. The van der Waals surface area contributed by atoms with Crippen LogP contribution in [-0.2, 0) is 49.7 Å². The zero-order valence-electron chi connectivity index (χ0n) is 28.2. The molecule has 1 aliphatic rings. The summed E-state index contributed by atoms with van der Waals surface area (Å²) in [4.78, 5) is 61.9. The van der Waals surface area contributed by atoms with E-state index in [1.807, 2.05) is 31.3 Å². The first kappa shape index (κ1) is 39.7. The summed E-state index contributed by atoms with van der Waals surface area (Å²) in [5.41, 5.74) is 2.79. The monoisotopic (exact) mass is 723 g/mol. The predicted molar refractivity (Wildman–Crippen MR) is 183 cm³/mol. The lowest BCUT2D eigenvalue weighted by atomic mass is 10.1. The molecular weight excluding hydrogens is 686 g/mol. The largest absolute Gasteiger partial charge is 0.502 e. The van der Waals surface area contributed by atoms with E-state index in [0.29, 0.717) is 18.8 Å². The van der Waals surface area contributed by atoms with Crippen molar-refractivity contribution < 1.29 is 53.8 Å². The average Bonchev–Trinajstić information content (AvgIpc) is 3.60. The molecule has 0 saturated carbocycles. The standard InChI is InChI=1S/C16H19N3O3.C10H11NO5.C8H7NO5/c1-2-21-16(20)8-12-3-4-15-14(7-12)19(5-6-22-15)10-13-9-17-11-18-13;1-2-16-10(13)6-7-3-4-9(12)8(5-7)11(14)15;10-7-2-1-5(4-8(11)12)3-6(7)9(13)14/h3-4,7,9,11H,2,5-6,8,10H2,1H3,(H,17,18);3-5,12H,2,6H2,1H3;1-3,10H,4H2,(H,11,12). The number of aromatic nitrogens is 2.